The van der Waals surface area contributed by atoms with E-state index in [0.29, 0.717) is 39.0 Å². The molecule has 0 bridgehead atoms. The van der Waals surface area contributed by atoms with Crippen molar-refractivity contribution in [1.82, 2.24) is 14.2 Å². The summed E-state index contributed by atoms with van der Waals surface area (Å²) in [4.78, 5) is 18.4. The number of amides is 2. The van der Waals surface area contributed by atoms with E-state index in [1.54, 1.807) is 21.6 Å². The number of sulfonamides is 1. The number of hydrogen-bond donors (Lipinski definition) is 1. The summed E-state index contributed by atoms with van der Waals surface area (Å²) in [5, 5.41) is 2.52. The molecule has 2 aliphatic rings. The number of carbonyl (C=O) groups excluding carboxylic acids is 1. The van der Waals surface area contributed by atoms with E-state index in [0.717, 1.165) is 17.7 Å². The van der Waals surface area contributed by atoms with Crippen molar-refractivity contribution in [2.45, 2.75) is 38.0 Å². The number of carbonyl (C=O) groups is 1. The van der Waals surface area contributed by atoms with E-state index < -0.39 is 15.3 Å². The lowest BCUT2D eigenvalue weighted by atomic mass is 10.0. The number of anilines is 1. The smallest absolute Gasteiger partial charge is 0.321 e. The quantitative estimate of drug-likeness (QED) is 0.811. The molecule has 0 saturated carbocycles. The van der Waals surface area contributed by atoms with Crippen LogP contribution in [0.1, 0.15) is 30.9 Å². The van der Waals surface area contributed by atoms with Crippen LogP contribution >= 0.6 is 0 Å². The molecule has 2 amide bonds. The molecule has 0 spiro atoms. The maximum absolute atomic E-state index is 13.1. The Morgan fingerprint density at radius 3 is 2.47 bits per heavy atom. The SMILES string of the molecule is CCc1ccc(NC(=O)N2CC[C@H]3CN(Cc4ccncc4)S(=O)(=O)[C@@H]3CC2)cc1. The van der Waals surface area contributed by atoms with Gasteiger partial charge in [0.1, 0.15) is 0 Å². The second-order valence-corrected chi connectivity index (χ2v) is 10.2. The second-order valence-electron chi connectivity index (χ2n) is 8.04. The summed E-state index contributed by atoms with van der Waals surface area (Å²) in [5.41, 5.74) is 2.93. The predicted molar refractivity (Wildman–Crippen MR) is 116 cm³/mol. The molecular formula is C22H28N4O3S. The van der Waals surface area contributed by atoms with Gasteiger partial charge in [-0.15, -0.1) is 0 Å². The zero-order valence-corrected chi connectivity index (χ0v) is 18.0. The number of aryl methyl sites for hydroxylation is 1. The Bertz CT molecular complexity index is 979. The summed E-state index contributed by atoms with van der Waals surface area (Å²) < 4.78 is 27.8. The number of nitrogens with zero attached hydrogens (tertiary/aromatic N) is 3. The van der Waals surface area contributed by atoms with E-state index in [1.807, 2.05) is 36.4 Å². The van der Waals surface area contributed by atoms with Gasteiger partial charge in [0.05, 0.1) is 5.25 Å². The number of rotatable bonds is 4. The minimum absolute atomic E-state index is 0.0541. The molecule has 7 nitrogen and oxygen atoms in total. The van der Waals surface area contributed by atoms with Crippen LogP contribution in [0, 0.1) is 5.92 Å². The van der Waals surface area contributed by atoms with Crippen molar-refractivity contribution >= 4 is 21.7 Å². The highest BCUT2D eigenvalue weighted by Gasteiger charge is 2.47. The number of pyridine rings is 1. The number of likely N-dealkylation sites (tertiary alicyclic amines) is 1. The molecular weight excluding hydrogens is 400 g/mol. The molecule has 30 heavy (non-hydrogen) atoms. The monoisotopic (exact) mass is 428 g/mol. The highest BCUT2D eigenvalue weighted by Crippen LogP contribution is 2.35. The molecule has 3 heterocycles. The molecule has 1 aromatic heterocycles. The Morgan fingerprint density at radius 1 is 1.07 bits per heavy atom. The number of urea groups is 1. The first kappa shape index (κ1) is 20.8. The lowest BCUT2D eigenvalue weighted by molar-refractivity contribution is 0.212. The zero-order chi connectivity index (χ0) is 21.1. The van der Waals surface area contributed by atoms with Gasteiger partial charge < -0.3 is 10.2 Å². The van der Waals surface area contributed by atoms with Gasteiger partial charge in [0.2, 0.25) is 10.0 Å². The first-order valence-electron chi connectivity index (χ1n) is 10.5. The summed E-state index contributed by atoms with van der Waals surface area (Å²) in [7, 11) is -3.37. The lowest BCUT2D eigenvalue weighted by Crippen LogP contribution is -2.37. The largest absolute Gasteiger partial charge is 0.324 e. The van der Waals surface area contributed by atoms with Crippen molar-refractivity contribution in [3.63, 3.8) is 0 Å². The van der Waals surface area contributed by atoms with E-state index >= 15 is 0 Å². The summed E-state index contributed by atoms with van der Waals surface area (Å²) >= 11 is 0. The van der Waals surface area contributed by atoms with E-state index in [-0.39, 0.29) is 11.9 Å². The molecule has 1 aromatic carbocycles. The van der Waals surface area contributed by atoms with Gasteiger partial charge >= 0.3 is 6.03 Å². The Hall–Kier alpha value is -2.45. The first-order valence-corrected chi connectivity index (χ1v) is 12.0. The molecule has 0 unspecified atom stereocenters. The molecule has 2 saturated heterocycles. The zero-order valence-electron chi connectivity index (χ0n) is 17.2. The minimum Gasteiger partial charge on any atom is -0.324 e. The molecule has 0 aliphatic carbocycles. The molecule has 2 atom stereocenters. The molecule has 160 valence electrons. The summed E-state index contributed by atoms with van der Waals surface area (Å²) in [6, 6.07) is 11.4. The number of aromatic nitrogens is 1. The van der Waals surface area contributed by atoms with E-state index in [1.165, 1.54) is 5.56 Å². The van der Waals surface area contributed by atoms with E-state index in [2.05, 4.69) is 17.2 Å². The maximum Gasteiger partial charge on any atom is 0.321 e. The molecule has 2 fully saturated rings. The van der Waals surface area contributed by atoms with Crippen LogP contribution in [0.5, 0.6) is 0 Å². The van der Waals surface area contributed by atoms with Crippen molar-refractivity contribution in [1.29, 1.82) is 0 Å². The van der Waals surface area contributed by atoms with Crippen LogP contribution in [-0.2, 0) is 23.0 Å². The van der Waals surface area contributed by atoms with Crippen LogP contribution < -0.4 is 5.32 Å². The van der Waals surface area contributed by atoms with Gasteiger partial charge in [-0.25, -0.2) is 13.2 Å². The summed E-state index contributed by atoms with van der Waals surface area (Å²) in [5.74, 6) is 0.0541. The average Bonchev–Trinajstić information content (AvgIpc) is 2.89. The third kappa shape index (κ3) is 4.34. The topological polar surface area (TPSA) is 82.6 Å². The van der Waals surface area contributed by atoms with Crippen LogP contribution in [0.3, 0.4) is 0 Å². The van der Waals surface area contributed by atoms with Crippen molar-refractivity contribution < 1.29 is 13.2 Å². The molecule has 2 aromatic rings. The average molecular weight is 429 g/mol. The van der Waals surface area contributed by atoms with Crippen LogP contribution in [0.25, 0.3) is 0 Å². The highest BCUT2D eigenvalue weighted by molar-refractivity contribution is 7.90. The minimum atomic E-state index is -3.37. The molecule has 4 rings (SSSR count). The Labute approximate surface area is 178 Å². The number of fused-ring (bicyclic) bond motifs is 1. The van der Waals surface area contributed by atoms with Crippen LogP contribution in [-0.4, -0.2) is 53.5 Å². The second kappa shape index (κ2) is 8.73. The highest BCUT2D eigenvalue weighted by atomic mass is 32.2. The van der Waals surface area contributed by atoms with Gasteiger partial charge in [-0.3, -0.25) is 4.98 Å². The van der Waals surface area contributed by atoms with Gasteiger partial charge in [0, 0.05) is 44.3 Å². The Morgan fingerprint density at radius 2 is 1.77 bits per heavy atom. The molecule has 0 radical (unpaired) electrons. The van der Waals surface area contributed by atoms with Crippen LogP contribution in [0.2, 0.25) is 0 Å². The molecule has 1 N–H and O–H groups in total. The number of benzene rings is 1. The standard InChI is InChI=1S/C22H28N4O3S/c1-2-17-3-5-20(6-4-17)24-22(27)25-13-9-19-16-26(15-18-7-11-23-12-8-18)30(28,29)21(19)10-14-25/h3-8,11-12,19,21H,2,9-10,13-16H2,1H3,(H,24,27)/t19-,21+/m0/s1. The third-order valence-electron chi connectivity index (χ3n) is 6.17. The fourth-order valence-corrected chi connectivity index (χ4v) is 6.59. The van der Waals surface area contributed by atoms with Gasteiger partial charge in [0.25, 0.3) is 0 Å². The van der Waals surface area contributed by atoms with Crippen molar-refractivity contribution in [3.8, 4) is 0 Å². The predicted octanol–water partition coefficient (Wildman–Crippen LogP) is 3.10. The van der Waals surface area contributed by atoms with Gasteiger partial charge in [-0.1, -0.05) is 19.1 Å². The number of nitrogens with one attached hydrogen (secondary N) is 1. The maximum atomic E-state index is 13.1. The van der Waals surface area contributed by atoms with E-state index in [4.69, 9.17) is 0 Å². The molecule has 8 heteroatoms. The third-order valence-corrected chi connectivity index (χ3v) is 8.55. The van der Waals surface area contributed by atoms with Crippen molar-refractivity contribution in [3.05, 3.63) is 59.9 Å². The van der Waals surface area contributed by atoms with E-state index in [9.17, 15) is 13.2 Å². The number of hydrogen-bond acceptors (Lipinski definition) is 4. The van der Waals surface area contributed by atoms with Crippen LogP contribution in [0.4, 0.5) is 10.5 Å². The molecule has 2 aliphatic heterocycles. The Balaban J connectivity index is 1.38. The van der Waals surface area contributed by atoms with Gasteiger partial charge in [-0.05, 0) is 60.6 Å². The fraction of sp³-hybridized carbons (Fsp3) is 0.455. The summed E-state index contributed by atoms with van der Waals surface area (Å²) in [6.45, 7) is 4.01. The van der Waals surface area contributed by atoms with Crippen molar-refractivity contribution in [2.75, 3.05) is 25.0 Å². The Kier molecular flexibility index (Phi) is 6.06. The van der Waals surface area contributed by atoms with Gasteiger partial charge in [-0.2, -0.15) is 4.31 Å². The first-order chi connectivity index (χ1) is 14.5. The fourth-order valence-electron chi connectivity index (χ4n) is 4.37. The summed E-state index contributed by atoms with van der Waals surface area (Å²) in [6.07, 6.45) is 5.49. The lowest BCUT2D eigenvalue weighted by Gasteiger charge is -2.22. The van der Waals surface area contributed by atoms with Crippen LogP contribution in [0.15, 0.2) is 48.8 Å². The van der Waals surface area contributed by atoms with Gasteiger partial charge in [0.15, 0.2) is 0 Å². The normalized spacial score (nSPS) is 23.6. The van der Waals surface area contributed by atoms with Crippen molar-refractivity contribution in [2.24, 2.45) is 5.92 Å².